The first-order valence-corrected chi connectivity index (χ1v) is 10.3. The quantitative estimate of drug-likeness (QED) is 0.421. The summed E-state index contributed by atoms with van der Waals surface area (Å²) in [5.41, 5.74) is 0. The Bertz CT molecular complexity index is 785. The average Bonchev–Trinajstić information content (AvgIpc) is 3.03. The summed E-state index contributed by atoms with van der Waals surface area (Å²) in [6.07, 6.45) is 6.22. The van der Waals surface area contributed by atoms with Crippen LogP contribution in [0.25, 0.3) is 0 Å². The molecule has 7 nitrogen and oxygen atoms in total. The first-order chi connectivity index (χ1) is 13.6. The molecule has 1 aliphatic carbocycles. The van der Waals surface area contributed by atoms with Crippen molar-refractivity contribution in [3.63, 3.8) is 0 Å². The van der Waals surface area contributed by atoms with Crippen molar-refractivity contribution in [2.45, 2.75) is 51.6 Å². The Balaban J connectivity index is 1.56. The fourth-order valence-corrected chi connectivity index (χ4v) is 3.41. The maximum Gasteiger partial charge on any atom is 0.192 e. The van der Waals surface area contributed by atoms with Crippen LogP contribution < -0.4 is 15.4 Å². The number of halogens is 1. The molecule has 1 saturated carbocycles. The molecular weight excluding hydrogens is 376 g/mol. The fraction of sp³-hybridized carbons (Fsp3) is 0.550. The molecule has 0 unspecified atom stereocenters. The highest BCUT2D eigenvalue weighted by Gasteiger charge is 2.15. The fourth-order valence-electron chi connectivity index (χ4n) is 3.22. The number of hydrogen-bond acceptors (Lipinski definition) is 4. The van der Waals surface area contributed by atoms with E-state index in [0.29, 0.717) is 36.5 Å². The number of rotatable bonds is 7. The number of aryl methyl sites for hydroxylation is 1. The molecule has 8 heteroatoms. The van der Waals surface area contributed by atoms with Gasteiger partial charge in [-0.15, -0.1) is 10.2 Å². The second-order valence-electron chi connectivity index (χ2n) is 7.07. The van der Waals surface area contributed by atoms with E-state index in [9.17, 15) is 0 Å². The van der Waals surface area contributed by atoms with E-state index >= 15 is 0 Å². The summed E-state index contributed by atoms with van der Waals surface area (Å²) < 4.78 is 7.72. The summed E-state index contributed by atoms with van der Waals surface area (Å²) in [7, 11) is 1.96. The van der Waals surface area contributed by atoms with Crippen molar-refractivity contribution in [1.29, 1.82) is 0 Å². The topological polar surface area (TPSA) is 76.4 Å². The number of guanidine groups is 1. The molecule has 28 heavy (non-hydrogen) atoms. The summed E-state index contributed by atoms with van der Waals surface area (Å²) in [5, 5.41) is 15.8. The van der Waals surface area contributed by atoms with E-state index in [0.717, 1.165) is 17.6 Å². The van der Waals surface area contributed by atoms with Gasteiger partial charge in [-0.2, -0.15) is 0 Å². The zero-order valence-corrected chi connectivity index (χ0v) is 17.4. The Morgan fingerprint density at radius 1 is 1.25 bits per heavy atom. The predicted octanol–water partition coefficient (Wildman–Crippen LogP) is 3.22. The highest BCUT2D eigenvalue weighted by molar-refractivity contribution is 6.32. The van der Waals surface area contributed by atoms with Crippen LogP contribution in [-0.4, -0.2) is 39.9 Å². The summed E-state index contributed by atoms with van der Waals surface area (Å²) in [4.78, 5) is 4.71. The van der Waals surface area contributed by atoms with Gasteiger partial charge in [0, 0.05) is 13.1 Å². The third-order valence-corrected chi connectivity index (χ3v) is 5.31. The summed E-state index contributed by atoms with van der Waals surface area (Å²) >= 11 is 6.13. The largest absolute Gasteiger partial charge is 0.490 e. The van der Waals surface area contributed by atoms with Gasteiger partial charge in [0.1, 0.15) is 24.7 Å². The number of para-hydroxylation sites is 1. The number of nitrogens with zero attached hydrogens (tertiary/aromatic N) is 4. The lowest BCUT2D eigenvalue weighted by Gasteiger charge is -2.25. The first kappa shape index (κ1) is 20.5. The minimum atomic E-state index is 0.464. The Morgan fingerprint density at radius 3 is 2.75 bits per heavy atom. The second kappa shape index (κ2) is 10.3. The molecule has 0 spiro atoms. The van der Waals surface area contributed by atoms with Crippen LogP contribution in [0.3, 0.4) is 0 Å². The molecule has 152 valence electrons. The Morgan fingerprint density at radius 2 is 2.04 bits per heavy atom. The van der Waals surface area contributed by atoms with Crippen LogP contribution in [0.4, 0.5) is 0 Å². The molecular formula is C20H29ClN6O. The molecule has 1 fully saturated rings. The van der Waals surface area contributed by atoms with Gasteiger partial charge in [0.15, 0.2) is 11.8 Å². The zero-order valence-electron chi connectivity index (χ0n) is 16.6. The van der Waals surface area contributed by atoms with Crippen molar-refractivity contribution in [2.24, 2.45) is 12.0 Å². The van der Waals surface area contributed by atoms with Gasteiger partial charge in [-0.25, -0.2) is 4.99 Å². The monoisotopic (exact) mass is 404 g/mol. The molecule has 3 rings (SSSR count). The lowest BCUT2D eigenvalue weighted by Crippen LogP contribution is -2.45. The lowest BCUT2D eigenvalue weighted by molar-refractivity contribution is 0.321. The van der Waals surface area contributed by atoms with Crippen molar-refractivity contribution >= 4 is 17.6 Å². The number of nitrogens with one attached hydrogen (secondary N) is 2. The van der Waals surface area contributed by atoms with Crippen LogP contribution in [0.15, 0.2) is 29.3 Å². The molecule has 0 atom stereocenters. The number of aromatic nitrogens is 3. The highest BCUT2D eigenvalue weighted by Crippen LogP contribution is 2.22. The van der Waals surface area contributed by atoms with Crippen LogP contribution in [-0.2, 0) is 13.6 Å². The third-order valence-electron chi connectivity index (χ3n) is 5.00. The number of ether oxygens (including phenoxy) is 1. The molecule has 0 aliphatic heterocycles. The molecule has 0 amide bonds. The van der Waals surface area contributed by atoms with Crippen LogP contribution in [0, 0.1) is 6.92 Å². The SMILES string of the molecule is Cc1nnc(CN=C(NCCOc2ccccc2Cl)NC2CCCCC2)n1C. The zero-order chi connectivity index (χ0) is 19.8. The first-order valence-electron chi connectivity index (χ1n) is 9.90. The maximum absolute atomic E-state index is 6.13. The van der Waals surface area contributed by atoms with E-state index in [1.807, 2.05) is 42.8 Å². The van der Waals surface area contributed by atoms with Gasteiger partial charge in [-0.3, -0.25) is 0 Å². The Labute approximate surface area is 171 Å². The van der Waals surface area contributed by atoms with E-state index < -0.39 is 0 Å². The van der Waals surface area contributed by atoms with Crippen molar-refractivity contribution in [1.82, 2.24) is 25.4 Å². The minimum absolute atomic E-state index is 0.464. The molecule has 2 N–H and O–H groups in total. The van der Waals surface area contributed by atoms with Gasteiger partial charge in [-0.05, 0) is 31.9 Å². The standard InChI is InChI=1S/C20H29ClN6O/c1-15-25-26-19(27(15)2)14-23-20(24-16-8-4-3-5-9-16)22-12-13-28-18-11-7-6-10-17(18)21/h6-7,10-11,16H,3-5,8-9,12-14H2,1-2H3,(H2,22,23,24). The molecule has 1 aromatic heterocycles. The third kappa shape index (κ3) is 5.86. The molecule has 0 radical (unpaired) electrons. The molecule has 1 aliphatic rings. The van der Waals surface area contributed by atoms with E-state index in [1.165, 1.54) is 32.1 Å². The normalized spacial score (nSPS) is 15.5. The van der Waals surface area contributed by atoms with Gasteiger partial charge in [0.05, 0.1) is 11.6 Å². The molecule has 1 heterocycles. The molecule has 1 aromatic carbocycles. The van der Waals surface area contributed by atoms with Crippen molar-refractivity contribution in [3.8, 4) is 5.75 Å². The van der Waals surface area contributed by atoms with Crippen LogP contribution in [0.2, 0.25) is 5.02 Å². The molecule has 0 bridgehead atoms. The van der Waals surface area contributed by atoms with E-state index in [2.05, 4.69) is 20.8 Å². The van der Waals surface area contributed by atoms with Crippen molar-refractivity contribution in [2.75, 3.05) is 13.2 Å². The van der Waals surface area contributed by atoms with Gasteiger partial charge in [0.2, 0.25) is 0 Å². The average molecular weight is 405 g/mol. The van der Waals surface area contributed by atoms with Crippen LogP contribution >= 0.6 is 11.6 Å². The van der Waals surface area contributed by atoms with E-state index in [4.69, 9.17) is 21.3 Å². The Kier molecular flexibility index (Phi) is 7.54. The number of aliphatic imine (C=N–C) groups is 1. The molecule has 2 aromatic rings. The second-order valence-corrected chi connectivity index (χ2v) is 7.48. The maximum atomic E-state index is 6.13. The van der Waals surface area contributed by atoms with E-state index in [-0.39, 0.29) is 0 Å². The van der Waals surface area contributed by atoms with Crippen LogP contribution in [0.1, 0.15) is 43.8 Å². The number of benzene rings is 1. The number of hydrogen-bond donors (Lipinski definition) is 2. The molecule has 0 saturated heterocycles. The summed E-state index contributed by atoms with van der Waals surface area (Å²) in [6.45, 7) is 3.54. The van der Waals surface area contributed by atoms with Gasteiger partial charge in [-0.1, -0.05) is 43.0 Å². The highest BCUT2D eigenvalue weighted by atomic mass is 35.5. The van der Waals surface area contributed by atoms with Gasteiger partial charge < -0.3 is 19.9 Å². The summed E-state index contributed by atoms with van der Waals surface area (Å²) in [5.74, 6) is 3.21. The summed E-state index contributed by atoms with van der Waals surface area (Å²) in [6, 6.07) is 7.96. The minimum Gasteiger partial charge on any atom is -0.490 e. The van der Waals surface area contributed by atoms with Gasteiger partial charge >= 0.3 is 0 Å². The predicted molar refractivity (Wildman–Crippen MR) is 112 cm³/mol. The van der Waals surface area contributed by atoms with Crippen LogP contribution in [0.5, 0.6) is 5.75 Å². The smallest absolute Gasteiger partial charge is 0.192 e. The lowest BCUT2D eigenvalue weighted by atomic mass is 9.96. The van der Waals surface area contributed by atoms with Crippen molar-refractivity contribution < 1.29 is 4.74 Å². The van der Waals surface area contributed by atoms with Crippen molar-refractivity contribution in [3.05, 3.63) is 40.9 Å². The Hall–Kier alpha value is -2.28. The van der Waals surface area contributed by atoms with Gasteiger partial charge in [0.25, 0.3) is 0 Å². The van der Waals surface area contributed by atoms with E-state index in [1.54, 1.807) is 0 Å².